The van der Waals surface area contributed by atoms with E-state index in [0.29, 0.717) is 12.1 Å². The maximum Gasteiger partial charge on any atom is 0.257 e. The summed E-state index contributed by atoms with van der Waals surface area (Å²) in [5, 5.41) is 4.46. The number of ether oxygens (including phenoxy) is 1. The lowest BCUT2D eigenvalue weighted by atomic mass is 10.0. The molecule has 3 heterocycles. The van der Waals surface area contributed by atoms with Crippen LogP contribution < -0.4 is 0 Å². The van der Waals surface area contributed by atoms with E-state index in [-0.39, 0.29) is 11.9 Å². The molecule has 7 heteroatoms. The van der Waals surface area contributed by atoms with Gasteiger partial charge in [-0.1, -0.05) is 0 Å². The molecule has 7 nitrogen and oxygen atoms in total. The second kappa shape index (κ2) is 7.63. The molecule has 1 aliphatic heterocycles. The van der Waals surface area contributed by atoms with Crippen molar-refractivity contribution >= 4 is 5.91 Å². The van der Waals surface area contributed by atoms with Crippen LogP contribution in [0.15, 0.2) is 16.7 Å². The van der Waals surface area contributed by atoms with Gasteiger partial charge >= 0.3 is 0 Å². The summed E-state index contributed by atoms with van der Waals surface area (Å²) in [6.07, 6.45) is 1.56. The van der Waals surface area contributed by atoms with Crippen molar-refractivity contribution in [2.45, 2.75) is 33.4 Å². The number of carbonyl (C=O) groups excluding carboxylic acids is 1. The van der Waals surface area contributed by atoms with Gasteiger partial charge in [0.25, 0.3) is 5.91 Å². The molecule has 1 fully saturated rings. The number of amides is 1. The smallest absolute Gasteiger partial charge is 0.257 e. The van der Waals surface area contributed by atoms with Gasteiger partial charge in [-0.15, -0.1) is 0 Å². The van der Waals surface area contributed by atoms with Gasteiger partial charge < -0.3 is 14.1 Å². The fourth-order valence-corrected chi connectivity index (χ4v) is 3.52. The molecule has 2 aromatic heterocycles. The Balaban J connectivity index is 1.70. The Labute approximate surface area is 154 Å². The Morgan fingerprint density at radius 1 is 1.35 bits per heavy atom. The first-order valence-corrected chi connectivity index (χ1v) is 9.03. The minimum absolute atomic E-state index is 0.0443. The van der Waals surface area contributed by atoms with Crippen molar-refractivity contribution in [1.82, 2.24) is 19.6 Å². The molecule has 2 aromatic rings. The van der Waals surface area contributed by atoms with E-state index in [0.717, 1.165) is 49.0 Å². The van der Waals surface area contributed by atoms with Gasteiger partial charge in [-0.25, -0.2) is 0 Å². The molecule has 1 aliphatic rings. The normalized spacial score (nSPS) is 16.7. The fraction of sp³-hybridized carbons (Fsp3) is 0.579. The van der Waals surface area contributed by atoms with Crippen LogP contribution in [0.4, 0.5) is 0 Å². The molecule has 0 radical (unpaired) electrons. The number of carbonyl (C=O) groups is 1. The third-order valence-electron chi connectivity index (χ3n) is 5.27. The molecular weight excluding hydrogens is 332 g/mol. The van der Waals surface area contributed by atoms with Crippen molar-refractivity contribution in [3.63, 3.8) is 0 Å². The van der Waals surface area contributed by atoms with Crippen LogP contribution in [-0.2, 0) is 18.3 Å². The van der Waals surface area contributed by atoms with Crippen molar-refractivity contribution in [3.05, 3.63) is 40.6 Å². The van der Waals surface area contributed by atoms with E-state index in [1.165, 1.54) is 0 Å². The summed E-state index contributed by atoms with van der Waals surface area (Å²) in [5.41, 5.74) is 3.72. The molecule has 1 amide bonds. The number of morpholine rings is 1. The molecule has 26 heavy (non-hydrogen) atoms. The van der Waals surface area contributed by atoms with Crippen molar-refractivity contribution in [2.24, 2.45) is 7.05 Å². The van der Waals surface area contributed by atoms with Crippen LogP contribution in [0.25, 0.3) is 0 Å². The van der Waals surface area contributed by atoms with Crippen LogP contribution in [0.5, 0.6) is 0 Å². The number of aromatic nitrogens is 2. The quantitative estimate of drug-likeness (QED) is 0.819. The highest BCUT2D eigenvalue weighted by molar-refractivity contribution is 5.94. The number of furan rings is 1. The van der Waals surface area contributed by atoms with Crippen LogP contribution in [0.3, 0.4) is 0 Å². The summed E-state index contributed by atoms with van der Waals surface area (Å²) >= 11 is 0. The van der Waals surface area contributed by atoms with Crippen LogP contribution in [0.1, 0.15) is 46.0 Å². The first kappa shape index (κ1) is 18.7. The summed E-state index contributed by atoms with van der Waals surface area (Å²) in [6.45, 7) is 10.0. The molecule has 0 N–H and O–H groups in total. The molecule has 0 aliphatic carbocycles. The van der Waals surface area contributed by atoms with Crippen molar-refractivity contribution < 1.29 is 13.9 Å². The average molecular weight is 360 g/mol. The topological polar surface area (TPSA) is 63.7 Å². The molecule has 0 saturated carbocycles. The third-order valence-corrected chi connectivity index (χ3v) is 5.27. The zero-order chi connectivity index (χ0) is 18.8. The molecule has 142 valence electrons. The Bertz CT molecular complexity index is 774. The monoisotopic (exact) mass is 360 g/mol. The van der Waals surface area contributed by atoms with Gasteiger partial charge in [0, 0.05) is 38.4 Å². The lowest BCUT2D eigenvalue weighted by molar-refractivity contribution is 0.0313. The van der Waals surface area contributed by atoms with Gasteiger partial charge in [0.1, 0.15) is 12.0 Å². The fourth-order valence-electron chi connectivity index (χ4n) is 3.52. The average Bonchev–Trinajstić information content (AvgIpc) is 3.18. The summed E-state index contributed by atoms with van der Waals surface area (Å²) in [6, 6.07) is 1.79. The Kier molecular flexibility index (Phi) is 5.48. The van der Waals surface area contributed by atoms with E-state index >= 15 is 0 Å². The standard InChI is InChI=1S/C19H28N4O3/c1-13-18(15(3)22(5)20-13)14(2)21(4)19(24)16-10-17(26-12-16)11-23-6-8-25-9-7-23/h10,12,14H,6-9,11H2,1-5H3. The Morgan fingerprint density at radius 3 is 2.65 bits per heavy atom. The molecule has 3 rings (SSSR count). The van der Waals surface area contributed by atoms with E-state index < -0.39 is 0 Å². The molecule has 1 saturated heterocycles. The van der Waals surface area contributed by atoms with Crippen LogP contribution in [-0.4, -0.2) is 58.8 Å². The van der Waals surface area contributed by atoms with Crippen LogP contribution in [0, 0.1) is 13.8 Å². The highest BCUT2D eigenvalue weighted by Gasteiger charge is 2.25. The SMILES string of the molecule is Cc1nn(C)c(C)c1C(C)N(C)C(=O)c1coc(CN2CCOCC2)c1. The predicted molar refractivity (Wildman–Crippen MR) is 98.0 cm³/mol. The first-order valence-electron chi connectivity index (χ1n) is 9.03. The maximum absolute atomic E-state index is 12.9. The molecular formula is C19H28N4O3. The van der Waals surface area contributed by atoms with Crippen LogP contribution >= 0.6 is 0 Å². The molecule has 0 bridgehead atoms. The summed E-state index contributed by atoms with van der Waals surface area (Å²) in [5.74, 6) is 0.766. The highest BCUT2D eigenvalue weighted by Crippen LogP contribution is 2.27. The number of nitrogens with zero attached hydrogens (tertiary/aromatic N) is 4. The lowest BCUT2D eigenvalue weighted by Crippen LogP contribution is -2.35. The first-order chi connectivity index (χ1) is 12.4. The number of hydrogen-bond acceptors (Lipinski definition) is 5. The second-order valence-electron chi connectivity index (χ2n) is 6.99. The van der Waals surface area contributed by atoms with Gasteiger partial charge in [-0.2, -0.15) is 5.10 Å². The van der Waals surface area contributed by atoms with E-state index in [1.807, 2.05) is 45.6 Å². The van der Waals surface area contributed by atoms with Crippen molar-refractivity contribution in [1.29, 1.82) is 0 Å². The number of rotatable bonds is 5. The lowest BCUT2D eigenvalue weighted by Gasteiger charge is -2.25. The van der Waals surface area contributed by atoms with Crippen molar-refractivity contribution in [3.8, 4) is 0 Å². The molecule has 1 unspecified atom stereocenters. The summed E-state index contributed by atoms with van der Waals surface area (Å²) in [7, 11) is 3.75. The van der Waals surface area contributed by atoms with Crippen molar-refractivity contribution in [2.75, 3.05) is 33.4 Å². The zero-order valence-corrected chi connectivity index (χ0v) is 16.3. The minimum Gasteiger partial charge on any atom is -0.467 e. The zero-order valence-electron chi connectivity index (χ0n) is 16.3. The molecule has 1 atom stereocenters. The van der Waals surface area contributed by atoms with Crippen LogP contribution in [0.2, 0.25) is 0 Å². The summed E-state index contributed by atoms with van der Waals surface area (Å²) in [4.78, 5) is 16.9. The van der Waals surface area contributed by atoms with Gasteiger partial charge in [-0.05, 0) is 26.8 Å². The predicted octanol–water partition coefficient (Wildman–Crippen LogP) is 2.30. The van der Waals surface area contributed by atoms with E-state index in [2.05, 4.69) is 10.00 Å². The second-order valence-corrected chi connectivity index (χ2v) is 6.99. The number of hydrogen-bond donors (Lipinski definition) is 0. The Morgan fingerprint density at radius 2 is 2.04 bits per heavy atom. The number of aryl methyl sites for hydroxylation is 2. The van der Waals surface area contributed by atoms with Gasteiger partial charge in [0.05, 0.1) is 37.1 Å². The van der Waals surface area contributed by atoms with Gasteiger partial charge in [-0.3, -0.25) is 14.4 Å². The van der Waals surface area contributed by atoms with Gasteiger partial charge in [0.15, 0.2) is 0 Å². The third kappa shape index (κ3) is 3.68. The largest absolute Gasteiger partial charge is 0.467 e. The highest BCUT2D eigenvalue weighted by atomic mass is 16.5. The van der Waals surface area contributed by atoms with Gasteiger partial charge in [0.2, 0.25) is 0 Å². The Hall–Kier alpha value is -2.12. The summed E-state index contributed by atoms with van der Waals surface area (Å²) < 4.78 is 12.8. The molecule has 0 spiro atoms. The van der Waals surface area contributed by atoms with E-state index in [4.69, 9.17) is 9.15 Å². The minimum atomic E-state index is -0.0613. The molecule has 0 aromatic carbocycles. The maximum atomic E-state index is 12.9. The van der Waals surface area contributed by atoms with E-state index in [1.54, 1.807) is 11.2 Å². The van der Waals surface area contributed by atoms with E-state index in [9.17, 15) is 4.79 Å².